The number of benzene rings is 4. The Kier molecular flexibility index (Phi) is 16.9. The van der Waals surface area contributed by atoms with Gasteiger partial charge in [-0.2, -0.15) is 0 Å². The molecule has 0 unspecified atom stereocenters. The monoisotopic (exact) mass is 808 g/mol. The number of nitrogens with one attached hydrogen (secondary N) is 1. The molecule has 5 aromatic rings. The van der Waals surface area contributed by atoms with Crippen molar-refractivity contribution in [1.29, 1.82) is 0 Å². The molecule has 1 aliphatic heterocycles. The summed E-state index contributed by atoms with van der Waals surface area (Å²) in [6, 6.07) is 38.2. The first kappa shape index (κ1) is 43.1. The van der Waals surface area contributed by atoms with Crippen LogP contribution in [0.2, 0.25) is 0 Å². The average Bonchev–Trinajstić information content (AvgIpc) is 3.74. The van der Waals surface area contributed by atoms with Gasteiger partial charge in [0, 0.05) is 0 Å². The number of ether oxygens (including phenoxy) is 7. The lowest BCUT2D eigenvalue weighted by molar-refractivity contribution is -0.292. The van der Waals surface area contributed by atoms with Crippen molar-refractivity contribution in [3.8, 4) is 0 Å². The summed E-state index contributed by atoms with van der Waals surface area (Å²) in [6.07, 6.45) is -1.27. The predicted molar refractivity (Wildman–Crippen MR) is 216 cm³/mol. The molecule has 14 heteroatoms. The Balaban J connectivity index is 1.26. The van der Waals surface area contributed by atoms with E-state index in [1.165, 1.54) is 0 Å². The number of hydrogen-bond donors (Lipinski definition) is 2. The van der Waals surface area contributed by atoms with Crippen molar-refractivity contribution in [3.05, 3.63) is 155 Å². The lowest BCUT2D eigenvalue weighted by atomic mass is 9.97. The molecule has 1 aromatic heterocycles. The van der Waals surface area contributed by atoms with Gasteiger partial charge in [-0.25, -0.2) is 14.3 Å². The van der Waals surface area contributed by atoms with Crippen molar-refractivity contribution >= 4 is 12.1 Å². The molecule has 312 valence electrons. The second kappa shape index (κ2) is 23.2. The number of alkyl carbamates (subject to hydrolysis) is 1. The topological polar surface area (TPSA) is 162 Å². The average molecular weight is 809 g/mol. The molecule has 2 heterocycles. The number of hydrogen-bond acceptors (Lipinski definition) is 11. The van der Waals surface area contributed by atoms with Gasteiger partial charge < -0.3 is 43.6 Å². The van der Waals surface area contributed by atoms with E-state index in [4.69, 9.17) is 33.2 Å². The van der Waals surface area contributed by atoms with Gasteiger partial charge in [0.25, 0.3) is 0 Å². The third kappa shape index (κ3) is 13.5. The molecule has 0 bridgehead atoms. The van der Waals surface area contributed by atoms with Gasteiger partial charge in [-0.15, -0.1) is 5.10 Å². The number of carboxylic acids is 1. The number of rotatable bonds is 23. The van der Waals surface area contributed by atoms with E-state index in [0.29, 0.717) is 25.3 Å². The van der Waals surface area contributed by atoms with Crippen LogP contribution in [0, 0.1) is 0 Å². The first-order chi connectivity index (χ1) is 29.0. The van der Waals surface area contributed by atoms with E-state index in [1.807, 2.05) is 128 Å². The molecule has 6 rings (SSSR count). The molecule has 0 spiro atoms. The Morgan fingerprint density at radius 1 is 0.712 bits per heavy atom. The number of carboxylic acid groups (broad SMARTS) is 1. The van der Waals surface area contributed by atoms with Crippen molar-refractivity contribution in [2.45, 2.75) is 89.5 Å². The van der Waals surface area contributed by atoms with Crippen LogP contribution in [0.4, 0.5) is 4.79 Å². The molecular weight excluding hydrogens is 757 g/mol. The van der Waals surface area contributed by atoms with Gasteiger partial charge in [-0.3, -0.25) is 0 Å². The first-order valence-electron chi connectivity index (χ1n) is 19.8. The molecule has 59 heavy (non-hydrogen) atoms. The standard InChI is InChI=1S/C45H52N4O10/c1-2-3-24-55-45(52)46-38(44(50)51)31-54-30-37-25-49(48-47-37)43-42(58-29-36-22-14-7-15-23-36)41(57-28-35-20-12-6-13-21-35)40(56-27-34-18-10-5-11-19-34)39(59-43)32-53-26-33-16-8-4-9-17-33/h4-23,25,38-43H,2-3,24,26-32H2,1H3,(H,46,52)(H,50,51)/t38-,39+,40+,41-,42+,43+/m0/s1. The molecule has 2 N–H and O–H groups in total. The lowest BCUT2D eigenvalue weighted by Crippen LogP contribution is -2.59. The van der Waals surface area contributed by atoms with E-state index >= 15 is 0 Å². The molecule has 4 aromatic carbocycles. The summed E-state index contributed by atoms with van der Waals surface area (Å²) in [5.74, 6) is -1.26. The maximum Gasteiger partial charge on any atom is 0.407 e. The van der Waals surface area contributed by atoms with Gasteiger partial charge in [-0.1, -0.05) is 140 Å². The molecule has 6 atom stereocenters. The highest BCUT2D eigenvalue weighted by Crippen LogP contribution is 2.36. The highest BCUT2D eigenvalue weighted by molar-refractivity contribution is 5.80. The molecular formula is C45H52N4O10. The molecule has 1 fully saturated rings. The van der Waals surface area contributed by atoms with Crippen LogP contribution in [-0.2, 0) is 71.0 Å². The third-order valence-corrected chi connectivity index (χ3v) is 9.53. The fraction of sp³-hybridized carbons (Fsp3) is 0.378. The van der Waals surface area contributed by atoms with Crippen LogP contribution < -0.4 is 5.32 Å². The van der Waals surface area contributed by atoms with Crippen LogP contribution in [0.5, 0.6) is 0 Å². The summed E-state index contributed by atoms with van der Waals surface area (Å²) in [5.41, 5.74) is 4.31. The number of amides is 1. The van der Waals surface area contributed by atoms with Crippen LogP contribution in [0.25, 0.3) is 0 Å². The molecule has 1 saturated heterocycles. The van der Waals surface area contributed by atoms with Crippen molar-refractivity contribution in [1.82, 2.24) is 20.3 Å². The summed E-state index contributed by atoms with van der Waals surface area (Å²) in [7, 11) is 0. The van der Waals surface area contributed by atoms with Crippen LogP contribution in [0.1, 0.15) is 53.9 Å². The summed E-state index contributed by atoms with van der Waals surface area (Å²) in [5, 5.41) is 20.8. The highest BCUT2D eigenvalue weighted by atomic mass is 16.6. The van der Waals surface area contributed by atoms with E-state index in [2.05, 4.69) is 15.6 Å². The van der Waals surface area contributed by atoms with Gasteiger partial charge in [0.05, 0.1) is 59.1 Å². The van der Waals surface area contributed by atoms with Gasteiger partial charge >= 0.3 is 12.1 Å². The third-order valence-electron chi connectivity index (χ3n) is 9.53. The van der Waals surface area contributed by atoms with Crippen LogP contribution in [0.3, 0.4) is 0 Å². The molecule has 0 radical (unpaired) electrons. The Labute approximate surface area is 344 Å². The zero-order valence-electron chi connectivity index (χ0n) is 33.1. The molecule has 0 aliphatic carbocycles. The van der Waals surface area contributed by atoms with Crippen molar-refractivity contribution in [2.75, 3.05) is 19.8 Å². The summed E-state index contributed by atoms with van der Waals surface area (Å²) in [6.45, 7) is 3.04. The molecule has 0 saturated carbocycles. The predicted octanol–water partition coefficient (Wildman–Crippen LogP) is 6.64. The maximum atomic E-state index is 12.1. The van der Waals surface area contributed by atoms with Gasteiger partial charge in [0.2, 0.25) is 0 Å². The fourth-order valence-electron chi connectivity index (χ4n) is 6.43. The Morgan fingerprint density at radius 3 is 1.78 bits per heavy atom. The maximum absolute atomic E-state index is 12.1. The Morgan fingerprint density at radius 2 is 1.24 bits per heavy atom. The Bertz CT molecular complexity index is 1950. The van der Waals surface area contributed by atoms with E-state index in [9.17, 15) is 14.7 Å². The van der Waals surface area contributed by atoms with E-state index in [1.54, 1.807) is 10.9 Å². The lowest BCUT2D eigenvalue weighted by Gasteiger charge is -2.46. The number of aliphatic carboxylic acids is 1. The fourth-order valence-corrected chi connectivity index (χ4v) is 6.43. The normalized spacial score (nSPS) is 19.5. The SMILES string of the molecule is CCCCOC(=O)N[C@@H](COCc1cn([C@@H]2O[C@H](COCc3ccccc3)[C@@H](OCc3ccccc3)[C@H](OCc3ccccc3)[C@H]2OCc2ccccc2)nn1)C(=O)O. The molecule has 1 aliphatic rings. The van der Waals surface area contributed by atoms with Gasteiger partial charge in [0.15, 0.2) is 12.3 Å². The minimum absolute atomic E-state index is 0.0982. The number of carbonyl (C=O) groups excluding carboxylic acids is 1. The minimum Gasteiger partial charge on any atom is -0.480 e. The number of aromatic nitrogens is 3. The quantitative estimate of drug-likeness (QED) is 0.0678. The minimum atomic E-state index is -1.33. The summed E-state index contributed by atoms with van der Waals surface area (Å²) < 4.78 is 45.9. The van der Waals surface area contributed by atoms with Crippen LogP contribution in [-0.4, -0.2) is 82.4 Å². The number of nitrogens with zero attached hydrogens (tertiary/aromatic N) is 3. The van der Waals surface area contributed by atoms with Gasteiger partial charge in [0.1, 0.15) is 30.1 Å². The summed E-state index contributed by atoms with van der Waals surface area (Å²) in [4.78, 5) is 24.0. The first-order valence-corrected chi connectivity index (χ1v) is 19.8. The highest BCUT2D eigenvalue weighted by Gasteiger charge is 2.49. The zero-order valence-corrected chi connectivity index (χ0v) is 33.1. The Hall–Kier alpha value is -5.48. The van der Waals surface area contributed by atoms with Crippen molar-refractivity contribution in [2.24, 2.45) is 0 Å². The smallest absolute Gasteiger partial charge is 0.407 e. The van der Waals surface area contributed by atoms with E-state index in [0.717, 1.165) is 28.7 Å². The van der Waals surface area contributed by atoms with Crippen molar-refractivity contribution in [3.63, 3.8) is 0 Å². The zero-order chi connectivity index (χ0) is 41.1. The molecule has 14 nitrogen and oxygen atoms in total. The van der Waals surface area contributed by atoms with E-state index in [-0.39, 0.29) is 39.6 Å². The van der Waals surface area contributed by atoms with E-state index < -0.39 is 48.7 Å². The van der Waals surface area contributed by atoms with Gasteiger partial charge in [-0.05, 0) is 28.7 Å². The summed E-state index contributed by atoms with van der Waals surface area (Å²) >= 11 is 0. The second-order valence-corrected chi connectivity index (χ2v) is 14.1. The largest absolute Gasteiger partial charge is 0.480 e. The van der Waals surface area contributed by atoms with Crippen LogP contribution in [0.15, 0.2) is 128 Å². The number of unbranched alkanes of at least 4 members (excludes halogenated alkanes) is 1. The second-order valence-electron chi connectivity index (χ2n) is 14.1. The number of carbonyl (C=O) groups is 2. The molecule has 1 amide bonds. The van der Waals surface area contributed by atoms with Crippen molar-refractivity contribution < 1.29 is 47.9 Å². The van der Waals surface area contributed by atoms with Crippen LogP contribution >= 0.6 is 0 Å².